The van der Waals surface area contributed by atoms with Crippen LogP contribution in [0.2, 0.25) is 5.02 Å². The van der Waals surface area contributed by atoms with E-state index in [9.17, 15) is 4.79 Å². The van der Waals surface area contributed by atoms with E-state index in [-0.39, 0.29) is 5.91 Å². The lowest BCUT2D eigenvalue weighted by molar-refractivity contribution is -0.116. The Labute approximate surface area is 128 Å². The molecule has 0 bridgehead atoms. The summed E-state index contributed by atoms with van der Waals surface area (Å²) in [4.78, 5) is 11.9. The summed E-state index contributed by atoms with van der Waals surface area (Å²) < 4.78 is 7.02. The average molecular weight is 308 g/mol. The van der Waals surface area contributed by atoms with Gasteiger partial charge in [-0.2, -0.15) is 5.10 Å². The van der Waals surface area contributed by atoms with Crippen molar-refractivity contribution >= 4 is 23.2 Å². The van der Waals surface area contributed by atoms with Crippen LogP contribution in [0.5, 0.6) is 5.75 Å². The Balaban J connectivity index is 1.83. The highest BCUT2D eigenvalue weighted by atomic mass is 35.5. The summed E-state index contributed by atoms with van der Waals surface area (Å²) in [7, 11) is 0. The van der Waals surface area contributed by atoms with Crippen molar-refractivity contribution in [1.82, 2.24) is 9.78 Å². The van der Waals surface area contributed by atoms with E-state index in [1.165, 1.54) is 0 Å². The molecule has 1 aromatic heterocycles. The first-order chi connectivity index (χ1) is 10.1. The molecule has 1 N–H and O–H groups in total. The molecule has 0 radical (unpaired) electrons. The quantitative estimate of drug-likeness (QED) is 0.891. The van der Waals surface area contributed by atoms with Crippen LogP contribution < -0.4 is 10.1 Å². The summed E-state index contributed by atoms with van der Waals surface area (Å²) in [6.07, 6.45) is 2.06. The van der Waals surface area contributed by atoms with Crippen molar-refractivity contribution in [3.63, 3.8) is 0 Å². The number of amides is 1. The molecule has 0 atom stereocenters. The molecule has 0 saturated heterocycles. The fraction of sp³-hybridized carbons (Fsp3) is 0.333. The van der Waals surface area contributed by atoms with Crippen molar-refractivity contribution in [1.29, 1.82) is 0 Å². The van der Waals surface area contributed by atoms with Gasteiger partial charge < -0.3 is 10.1 Å². The predicted octanol–water partition coefficient (Wildman–Crippen LogP) is 3.27. The minimum atomic E-state index is -0.0663. The van der Waals surface area contributed by atoms with Gasteiger partial charge in [0.25, 0.3) is 0 Å². The standard InChI is InChI=1S/C15H18ClN3O2/c1-3-21-13-6-4-12(5-7-13)17-15(20)8-9-19-10-14(16)11(2)18-19/h4-7,10H,3,8-9H2,1-2H3,(H,17,20). The summed E-state index contributed by atoms with van der Waals surface area (Å²) in [5, 5.41) is 7.66. The molecule has 1 aromatic carbocycles. The molecule has 5 nitrogen and oxygen atoms in total. The first-order valence-electron chi connectivity index (χ1n) is 6.80. The highest BCUT2D eigenvalue weighted by Crippen LogP contribution is 2.16. The third kappa shape index (κ3) is 4.49. The molecule has 21 heavy (non-hydrogen) atoms. The van der Waals surface area contributed by atoms with Gasteiger partial charge in [0, 0.05) is 24.8 Å². The van der Waals surface area contributed by atoms with Crippen molar-refractivity contribution in [2.24, 2.45) is 0 Å². The maximum absolute atomic E-state index is 11.9. The van der Waals surface area contributed by atoms with Crippen molar-refractivity contribution in [2.75, 3.05) is 11.9 Å². The van der Waals surface area contributed by atoms with Crippen LogP contribution in [0.3, 0.4) is 0 Å². The normalized spacial score (nSPS) is 10.4. The van der Waals surface area contributed by atoms with Crippen molar-refractivity contribution < 1.29 is 9.53 Å². The third-order valence-electron chi connectivity index (χ3n) is 2.90. The second-order valence-corrected chi connectivity index (χ2v) is 4.99. The number of aromatic nitrogens is 2. The maximum Gasteiger partial charge on any atom is 0.226 e. The van der Waals surface area contributed by atoms with Crippen molar-refractivity contribution in [2.45, 2.75) is 26.8 Å². The molecular weight excluding hydrogens is 290 g/mol. The van der Waals surface area contributed by atoms with Gasteiger partial charge in [0.2, 0.25) is 5.91 Å². The number of halogens is 1. The number of carbonyl (C=O) groups is 1. The number of anilines is 1. The van der Waals surface area contributed by atoms with Gasteiger partial charge in [-0.1, -0.05) is 11.6 Å². The highest BCUT2D eigenvalue weighted by Gasteiger charge is 2.06. The lowest BCUT2D eigenvalue weighted by Crippen LogP contribution is -2.14. The first kappa shape index (κ1) is 15.4. The van der Waals surface area contributed by atoms with E-state index in [2.05, 4.69) is 10.4 Å². The lowest BCUT2D eigenvalue weighted by atomic mass is 10.3. The van der Waals surface area contributed by atoms with Crippen LogP contribution in [0.25, 0.3) is 0 Å². The predicted molar refractivity (Wildman–Crippen MR) is 82.8 cm³/mol. The largest absolute Gasteiger partial charge is 0.494 e. The van der Waals surface area contributed by atoms with Crippen molar-refractivity contribution in [3.05, 3.63) is 41.2 Å². The molecule has 112 valence electrons. The van der Waals surface area contributed by atoms with E-state index in [1.54, 1.807) is 10.9 Å². The Kier molecular flexibility index (Phi) is 5.22. The van der Waals surface area contributed by atoms with E-state index >= 15 is 0 Å². The Morgan fingerprint density at radius 1 is 1.38 bits per heavy atom. The maximum atomic E-state index is 11.9. The molecule has 1 heterocycles. The fourth-order valence-corrected chi connectivity index (χ4v) is 2.00. The van der Waals surface area contributed by atoms with Gasteiger partial charge >= 0.3 is 0 Å². The summed E-state index contributed by atoms with van der Waals surface area (Å²) in [5.41, 5.74) is 1.52. The zero-order valence-electron chi connectivity index (χ0n) is 12.1. The van der Waals surface area contributed by atoms with Gasteiger partial charge in [-0.3, -0.25) is 9.48 Å². The van der Waals surface area contributed by atoms with E-state index in [1.807, 2.05) is 38.1 Å². The minimum Gasteiger partial charge on any atom is -0.494 e. The number of aryl methyl sites for hydroxylation is 2. The molecular formula is C15H18ClN3O2. The molecule has 6 heteroatoms. The SMILES string of the molecule is CCOc1ccc(NC(=O)CCn2cc(Cl)c(C)n2)cc1. The summed E-state index contributed by atoms with van der Waals surface area (Å²) >= 11 is 5.92. The van der Waals surface area contributed by atoms with Crippen LogP contribution in [0.15, 0.2) is 30.5 Å². The number of hydrogen-bond acceptors (Lipinski definition) is 3. The number of nitrogens with zero attached hydrogens (tertiary/aromatic N) is 2. The molecule has 0 saturated carbocycles. The number of benzene rings is 1. The van der Waals surface area contributed by atoms with Gasteiger partial charge in [-0.05, 0) is 38.1 Å². The Morgan fingerprint density at radius 3 is 2.67 bits per heavy atom. The number of hydrogen-bond donors (Lipinski definition) is 1. The van der Waals surface area contributed by atoms with Crippen LogP contribution >= 0.6 is 11.6 Å². The zero-order chi connectivity index (χ0) is 15.2. The molecule has 0 aliphatic heterocycles. The topological polar surface area (TPSA) is 56.1 Å². The van der Waals surface area contributed by atoms with Gasteiger partial charge in [-0.25, -0.2) is 0 Å². The molecule has 0 spiro atoms. The first-order valence-corrected chi connectivity index (χ1v) is 7.18. The average Bonchev–Trinajstić information content (AvgIpc) is 2.78. The lowest BCUT2D eigenvalue weighted by Gasteiger charge is -2.07. The molecule has 0 unspecified atom stereocenters. The molecule has 1 amide bonds. The summed E-state index contributed by atoms with van der Waals surface area (Å²) in [6, 6.07) is 7.29. The van der Waals surface area contributed by atoms with Crippen LogP contribution in [0, 0.1) is 6.92 Å². The Hall–Kier alpha value is -2.01. The molecule has 2 rings (SSSR count). The monoisotopic (exact) mass is 307 g/mol. The van der Waals surface area contributed by atoms with Gasteiger partial charge in [0.15, 0.2) is 0 Å². The highest BCUT2D eigenvalue weighted by molar-refractivity contribution is 6.31. The van der Waals surface area contributed by atoms with Crippen LogP contribution in [0.4, 0.5) is 5.69 Å². The molecule has 0 aliphatic rings. The third-order valence-corrected chi connectivity index (χ3v) is 3.27. The van der Waals surface area contributed by atoms with Gasteiger partial charge in [-0.15, -0.1) is 0 Å². The van der Waals surface area contributed by atoms with Crippen molar-refractivity contribution in [3.8, 4) is 5.75 Å². The fourth-order valence-electron chi connectivity index (χ4n) is 1.85. The Morgan fingerprint density at radius 2 is 2.10 bits per heavy atom. The van der Waals surface area contributed by atoms with E-state index < -0.39 is 0 Å². The second-order valence-electron chi connectivity index (χ2n) is 4.58. The number of rotatable bonds is 6. The Bertz CT molecular complexity index is 588. The zero-order valence-corrected chi connectivity index (χ0v) is 12.9. The van der Waals surface area contributed by atoms with E-state index in [0.717, 1.165) is 17.1 Å². The van der Waals surface area contributed by atoms with Crippen LogP contribution in [-0.4, -0.2) is 22.3 Å². The van der Waals surface area contributed by atoms with E-state index in [4.69, 9.17) is 16.3 Å². The van der Waals surface area contributed by atoms with Crippen LogP contribution in [0.1, 0.15) is 19.0 Å². The minimum absolute atomic E-state index is 0.0663. The molecule has 0 aliphatic carbocycles. The van der Waals surface area contributed by atoms with E-state index in [0.29, 0.717) is 24.6 Å². The second kappa shape index (κ2) is 7.13. The number of ether oxygens (including phenoxy) is 1. The molecule has 0 fully saturated rings. The summed E-state index contributed by atoms with van der Waals surface area (Å²) in [5.74, 6) is 0.723. The number of nitrogens with one attached hydrogen (secondary N) is 1. The smallest absolute Gasteiger partial charge is 0.226 e. The summed E-state index contributed by atoms with van der Waals surface area (Å²) in [6.45, 7) is 4.88. The number of carbonyl (C=O) groups excluding carboxylic acids is 1. The van der Waals surface area contributed by atoms with Gasteiger partial charge in [0.1, 0.15) is 5.75 Å². The van der Waals surface area contributed by atoms with Crippen LogP contribution in [-0.2, 0) is 11.3 Å². The molecule has 2 aromatic rings. The van der Waals surface area contributed by atoms with Gasteiger partial charge in [0.05, 0.1) is 17.3 Å².